The molecule has 0 aliphatic heterocycles. The van der Waals surface area contributed by atoms with Crippen LogP contribution >= 0.6 is 0 Å². The second-order valence-electron chi connectivity index (χ2n) is 11.2. The summed E-state index contributed by atoms with van der Waals surface area (Å²) in [6.45, 7) is 5.08. The van der Waals surface area contributed by atoms with E-state index < -0.39 is 5.97 Å². The Morgan fingerprint density at radius 2 is 1.63 bits per heavy atom. The number of ketones is 2. The molecule has 3 aliphatic carbocycles. The molecule has 0 unspecified atom stereocenters. The van der Waals surface area contributed by atoms with E-state index in [1.54, 1.807) is 24.3 Å². The molecular formula is C32H34O6. The number of hydrogen-bond donors (Lipinski definition) is 0. The van der Waals surface area contributed by atoms with Crippen LogP contribution in [0.3, 0.4) is 0 Å². The van der Waals surface area contributed by atoms with Crippen molar-refractivity contribution in [2.45, 2.75) is 71.3 Å². The van der Waals surface area contributed by atoms with Crippen LogP contribution in [0, 0.1) is 17.3 Å². The molecule has 0 bridgehead atoms. The van der Waals surface area contributed by atoms with Gasteiger partial charge in [-0.3, -0.25) is 19.2 Å². The predicted molar refractivity (Wildman–Crippen MR) is 142 cm³/mol. The maximum atomic E-state index is 13.3. The van der Waals surface area contributed by atoms with Crippen molar-refractivity contribution in [3.05, 3.63) is 76.9 Å². The fraction of sp³-hybridized carbons (Fsp3) is 0.438. The SMILES string of the molecule is CC(=O)Oc1cc2c(cc1C(=O)/C=C/C(=O)c1ccccc1)[C@H]1CC[C@]3(C)[C@@H](OC(C)=O)CC[C@H]3[C@@H]1CC2. The number of benzene rings is 2. The summed E-state index contributed by atoms with van der Waals surface area (Å²) in [5.74, 6) is 0.0941. The average Bonchev–Trinajstić information content (AvgIpc) is 3.22. The highest BCUT2D eigenvalue weighted by molar-refractivity contribution is 6.13. The molecule has 6 nitrogen and oxygen atoms in total. The van der Waals surface area contributed by atoms with E-state index >= 15 is 0 Å². The number of rotatable bonds is 6. The Balaban J connectivity index is 1.45. The maximum Gasteiger partial charge on any atom is 0.308 e. The third-order valence-corrected chi connectivity index (χ3v) is 9.01. The van der Waals surface area contributed by atoms with Gasteiger partial charge in [0.1, 0.15) is 11.9 Å². The molecule has 198 valence electrons. The molecule has 2 aromatic rings. The first-order valence-corrected chi connectivity index (χ1v) is 13.5. The van der Waals surface area contributed by atoms with Crippen molar-refractivity contribution in [2.24, 2.45) is 17.3 Å². The number of ether oxygens (including phenoxy) is 2. The summed E-state index contributed by atoms with van der Waals surface area (Å²) >= 11 is 0. The largest absolute Gasteiger partial charge is 0.462 e. The third-order valence-electron chi connectivity index (χ3n) is 9.01. The van der Waals surface area contributed by atoms with Crippen molar-refractivity contribution in [3.63, 3.8) is 0 Å². The Morgan fingerprint density at radius 3 is 2.34 bits per heavy atom. The number of allylic oxidation sites excluding steroid dienone is 2. The summed E-state index contributed by atoms with van der Waals surface area (Å²) in [5, 5.41) is 0. The summed E-state index contributed by atoms with van der Waals surface area (Å²) < 4.78 is 11.2. The number of aryl methyl sites for hydroxylation is 1. The van der Waals surface area contributed by atoms with Crippen molar-refractivity contribution >= 4 is 23.5 Å². The number of hydrogen-bond acceptors (Lipinski definition) is 6. The summed E-state index contributed by atoms with van der Waals surface area (Å²) in [6, 6.07) is 12.5. The Bertz CT molecular complexity index is 1310. The molecule has 5 rings (SSSR count). The van der Waals surface area contributed by atoms with Crippen molar-refractivity contribution < 1.29 is 28.7 Å². The third kappa shape index (κ3) is 4.84. The first-order valence-electron chi connectivity index (χ1n) is 13.5. The zero-order valence-electron chi connectivity index (χ0n) is 22.2. The lowest BCUT2D eigenvalue weighted by atomic mass is 9.55. The zero-order chi connectivity index (χ0) is 27.0. The van der Waals surface area contributed by atoms with E-state index in [0.29, 0.717) is 28.9 Å². The van der Waals surface area contributed by atoms with Crippen LogP contribution in [0.4, 0.5) is 0 Å². The normalized spacial score (nSPS) is 27.7. The van der Waals surface area contributed by atoms with Gasteiger partial charge in [-0.05, 0) is 91.7 Å². The maximum absolute atomic E-state index is 13.3. The average molecular weight is 515 g/mol. The number of carbonyl (C=O) groups is 4. The van der Waals surface area contributed by atoms with Crippen LogP contribution in [0.5, 0.6) is 5.75 Å². The molecule has 3 aliphatic rings. The minimum Gasteiger partial charge on any atom is -0.462 e. The molecule has 38 heavy (non-hydrogen) atoms. The molecule has 0 aromatic heterocycles. The van der Waals surface area contributed by atoms with Gasteiger partial charge in [0, 0.05) is 24.8 Å². The van der Waals surface area contributed by atoms with Crippen LogP contribution < -0.4 is 4.74 Å². The Hall–Kier alpha value is -3.54. The molecule has 2 aromatic carbocycles. The lowest BCUT2D eigenvalue weighted by molar-refractivity contribution is -0.154. The van der Waals surface area contributed by atoms with Crippen molar-refractivity contribution in [1.82, 2.24) is 0 Å². The van der Waals surface area contributed by atoms with Gasteiger partial charge in [0.25, 0.3) is 0 Å². The lowest BCUT2D eigenvalue weighted by Gasteiger charge is -2.50. The highest BCUT2D eigenvalue weighted by Gasteiger charge is 2.56. The fourth-order valence-electron chi connectivity index (χ4n) is 7.32. The summed E-state index contributed by atoms with van der Waals surface area (Å²) in [4.78, 5) is 49.5. The molecular weight excluding hydrogens is 480 g/mol. The summed E-state index contributed by atoms with van der Waals surface area (Å²) in [6.07, 6.45) is 8.19. The van der Waals surface area contributed by atoms with Gasteiger partial charge in [0.05, 0.1) is 5.56 Å². The van der Waals surface area contributed by atoms with E-state index in [2.05, 4.69) is 6.92 Å². The van der Waals surface area contributed by atoms with Crippen molar-refractivity contribution in [2.75, 3.05) is 0 Å². The van der Waals surface area contributed by atoms with Gasteiger partial charge in [-0.2, -0.15) is 0 Å². The lowest BCUT2D eigenvalue weighted by Crippen LogP contribution is -2.45. The van der Waals surface area contributed by atoms with Crippen LogP contribution in [-0.4, -0.2) is 29.6 Å². The second-order valence-corrected chi connectivity index (χ2v) is 11.2. The van der Waals surface area contributed by atoms with Crippen LogP contribution in [0.1, 0.15) is 90.6 Å². The smallest absolute Gasteiger partial charge is 0.308 e. The molecule has 0 radical (unpaired) electrons. The second kappa shape index (κ2) is 10.3. The van der Waals surface area contributed by atoms with Crippen LogP contribution in [0.2, 0.25) is 0 Å². The molecule has 6 heteroatoms. The fourth-order valence-corrected chi connectivity index (χ4v) is 7.32. The van der Waals surface area contributed by atoms with Gasteiger partial charge < -0.3 is 9.47 Å². The van der Waals surface area contributed by atoms with E-state index in [1.165, 1.54) is 26.0 Å². The van der Waals surface area contributed by atoms with E-state index in [9.17, 15) is 19.2 Å². The number of esters is 2. The minimum absolute atomic E-state index is 0.0266. The molecule has 0 N–H and O–H groups in total. The Labute approximate surface area is 223 Å². The molecule has 0 saturated heterocycles. The topological polar surface area (TPSA) is 86.7 Å². The number of carbonyl (C=O) groups excluding carboxylic acids is 4. The van der Waals surface area contributed by atoms with Gasteiger partial charge in [0.2, 0.25) is 0 Å². The quantitative estimate of drug-likeness (QED) is 0.203. The van der Waals surface area contributed by atoms with E-state index in [1.807, 2.05) is 18.2 Å². The van der Waals surface area contributed by atoms with E-state index in [4.69, 9.17) is 9.47 Å². The monoisotopic (exact) mass is 514 g/mol. The highest BCUT2D eigenvalue weighted by atomic mass is 16.5. The van der Waals surface area contributed by atoms with Gasteiger partial charge in [-0.25, -0.2) is 0 Å². The van der Waals surface area contributed by atoms with Crippen molar-refractivity contribution in [3.8, 4) is 5.75 Å². The van der Waals surface area contributed by atoms with E-state index in [-0.39, 0.29) is 34.8 Å². The van der Waals surface area contributed by atoms with Crippen LogP contribution in [0.25, 0.3) is 0 Å². The zero-order valence-corrected chi connectivity index (χ0v) is 22.2. The first kappa shape index (κ1) is 26.1. The van der Waals surface area contributed by atoms with Gasteiger partial charge in [-0.15, -0.1) is 0 Å². The molecule has 5 atom stereocenters. The highest BCUT2D eigenvalue weighted by Crippen LogP contribution is 2.61. The van der Waals surface area contributed by atoms with Crippen LogP contribution in [-0.2, 0) is 20.7 Å². The predicted octanol–water partition coefficient (Wildman–Crippen LogP) is 6.02. The van der Waals surface area contributed by atoms with Gasteiger partial charge in [0.15, 0.2) is 11.6 Å². The molecule has 0 amide bonds. The Kier molecular flexibility index (Phi) is 7.08. The van der Waals surface area contributed by atoms with E-state index in [0.717, 1.165) is 49.7 Å². The van der Waals surface area contributed by atoms with Crippen LogP contribution in [0.15, 0.2) is 54.6 Å². The van der Waals surface area contributed by atoms with Gasteiger partial charge >= 0.3 is 11.9 Å². The van der Waals surface area contributed by atoms with Gasteiger partial charge in [-0.1, -0.05) is 37.3 Å². The number of fused-ring (bicyclic) bond motifs is 5. The molecule has 0 spiro atoms. The summed E-state index contributed by atoms with van der Waals surface area (Å²) in [7, 11) is 0. The molecule has 2 fully saturated rings. The Morgan fingerprint density at radius 1 is 0.895 bits per heavy atom. The standard InChI is InChI=1S/C32H34O6/c1-19(33)37-30-17-22-9-10-24-23(15-16-32(3)27(24)11-14-31(32)38-20(2)34)25(22)18-26(30)29(36)13-12-28(35)21-7-5-4-6-8-21/h4-8,12-13,17-18,23-24,27,31H,9-11,14-16H2,1-3H3/b13-12+/t23-,24+,27-,31-,32-/m0/s1. The summed E-state index contributed by atoms with van der Waals surface area (Å²) in [5.41, 5.74) is 3.03. The first-order chi connectivity index (χ1) is 18.2. The molecule has 2 saturated carbocycles. The molecule has 0 heterocycles. The van der Waals surface area contributed by atoms with Crippen molar-refractivity contribution in [1.29, 1.82) is 0 Å². The minimum atomic E-state index is -0.493.